The van der Waals surface area contributed by atoms with Crippen molar-refractivity contribution in [1.29, 1.82) is 0 Å². The van der Waals surface area contributed by atoms with Gasteiger partial charge in [0.25, 0.3) is 5.91 Å². The smallest absolute Gasteiger partial charge is 0.274 e. The molecule has 2 aliphatic rings. The summed E-state index contributed by atoms with van der Waals surface area (Å²) in [6, 6.07) is 11.9. The maximum absolute atomic E-state index is 13.9. The number of carbonyl (C=O) groups is 1. The highest BCUT2D eigenvalue weighted by Crippen LogP contribution is 2.34. The number of benzene rings is 1. The van der Waals surface area contributed by atoms with Gasteiger partial charge < -0.3 is 9.47 Å². The Morgan fingerprint density at radius 1 is 1.00 bits per heavy atom. The number of halogens is 1. The molecule has 6 heteroatoms. The third-order valence-corrected chi connectivity index (χ3v) is 6.76. The minimum absolute atomic E-state index is 0.0550. The number of rotatable bonds is 3. The minimum Gasteiger partial charge on any atom is -0.330 e. The number of hydrogen-bond acceptors (Lipinski definition) is 3. The van der Waals surface area contributed by atoms with Gasteiger partial charge in [0.2, 0.25) is 0 Å². The quantitative estimate of drug-likeness (QED) is 0.531. The summed E-state index contributed by atoms with van der Waals surface area (Å²) in [5.41, 5.74) is 3.83. The van der Waals surface area contributed by atoms with Crippen molar-refractivity contribution in [3.63, 3.8) is 0 Å². The molecule has 0 aliphatic carbocycles. The van der Waals surface area contributed by atoms with Crippen molar-refractivity contribution < 1.29 is 4.79 Å². The number of likely N-dealkylation sites (tertiary alicyclic amines) is 1. The second-order valence-electron chi connectivity index (χ2n) is 8.50. The first-order chi connectivity index (χ1) is 15.2. The van der Waals surface area contributed by atoms with Crippen LogP contribution in [0.25, 0.3) is 11.4 Å². The zero-order valence-electron chi connectivity index (χ0n) is 17.6. The van der Waals surface area contributed by atoms with Crippen molar-refractivity contribution in [3.8, 4) is 11.4 Å². The first-order valence-corrected chi connectivity index (χ1v) is 11.7. The molecule has 4 heterocycles. The summed E-state index contributed by atoms with van der Waals surface area (Å²) in [4.78, 5) is 25.1. The molecule has 1 atom stereocenters. The Labute approximate surface area is 188 Å². The molecule has 0 radical (unpaired) electrons. The number of hydrogen-bond donors (Lipinski definition) is 0. The van der Waals surface area contributed by atoms with Crippen molar-refractivity contribution in [2.24, 2.45) is 0 Å². The number of piperidine rings is 1. The van der Waals surface area contributed by atoms with Crippen molar-refractivity contribution in [1.82, 2.24) is 19.4 Å². The third-order valence-electron chi connectivity index (χ3n) is 6.51. The van der Waals surface area contributed by atoms with Crippen LogP contribution in [0.3, 0.4) is 0 Å². The molecule has 0 saturated carbocycles. The lowest BCUT2D eigenvalue weighted by atomic mass is 9.96. The molecule has 1 amide bonds. The second-order valence-corrected chi connectivity index (χ2v) is 8.93. The predicted molar refractivity (Wildman–Crippen MR) is 122 cm³/mol. The van der Waals surface area contributed by atoms with E-state index in [0.29, 0.717) is 10.7 Å². The fraction of sp³-hybridized carbons (Fsp3) is 0.400. The lowest BCUT2D eigenvalue weighted by molar-refractivity contribution is 0.0604. The molecule has 0 spiro atoms. The van der Waals surface area contributed by atoms with Crippen LogP contribution < -0.4 is 0 Å². The Morgan fingerprint density at radius 3 is 2.65 bits per heavy atom. The van der Waals surface area contributed by atoms with Gasteiger partial charge in [-0.15, -0.1) is 0 Å². The molecular formula is C25H27ClN4O. The molecule has 5 nitrogen and oxygen atoms in total. The number of imidazole rings is 1. The highest BCUT2D eigenvalue weighted by atomic mass is 35.5. The van der Waals surface area contributed by atoms with E-state index in [0.717, 1.165) is 74.3 Å². The van der Waals surface area contributed by atoms with Crippen molar-refractivity contribution in [2.75, 3.05) is 6.54 Å². The van der Waals surface area contributed by atoms with E-state index >= 15 is 0 Å². The largest absolute Gasteiger partial charge is 0.330 e. The average molecular weight is 435 g/mol. The van der Waals surface area contributed by atoms with Crippen LogP contribution >= 0.6 is 11.6 Å². The van der Waals surface area contributed by atoms with E-state index in [2.05, 4.69) is 15.6 Å². The molecule has 1 fully saturated rings. The van der Waals surface area contributed by atoms with Gasteiger partial charge in [-0.3, -0.25) is 9.78 Å². The molecule has 1 unspecified atom stereocenters. The van der Waals surface area contributed by atoms with Gasteiger partial charge in [0, 0.05) is 36.1 Å². The van der Waals surface area contributed by atoms with Crippen LogP contribution in [0, 0.1) is 0 Å². The fourth-order valence-corrected chi connectivity index (χ4v) is 5.07. The van der Waals surface area contributed by atoms with E-state index in [-0.39, 0.29) is 11.9 Å². The molecule has 3 aromatic rings. The van der Waals surface area contributed by atoms with Gasteiger partial charge in [-0.1, -0.05) is 24.1 Å². The van der Waals surface area contributed by atoms with E-state index in [1.807, 2.05) is 41.4 Å². The van der Waals surface area contributed by atoms with Crippen LogP contribution in [0.5, 0.6) is 0 Å². The van der Waals surface area contributed by atoms with Gasteiger partial charge in [-0.25, -0.2) is 4.98 Å². The Balaban J connectivity index is 1.56. The summed E-state index contributed by atoms with van der Waals surface area (Å²) in [7, 11) is 0. The first-order valence-electron chi connectivity index (χ1n) is 11.3. The molecule has 1 saturated heterocycles. The van der Waals surface area contributed by atoms with Crippen LogP contribution in [-0.4, -0.2) is 31.9 Å². The molecular weight excluding hydrogens is 408 g/mol. The molecule has 0 N–H and O–H groups in total. The van der Waals surface area contributed by atoms with Crippen LogP contribution in [0.4, 0.5) is 0 Å². The normalized spacial score (nSPS) is 19.0. The molecule has 2 aromatic heterocycles. The standard InChI is InChI=1S/C25H27ClN4O/c26-20-12-10-18(11-13-20)24-28-23(22-9-2-1-4-15-29(22)24)25(31)30-16-5-3-8-21(30)19-7-6-14-27-17-19/h6-7,10-14,17,21H,1-5,8-9,15-16H2. The summed E-state index contributed by atoms with van der Waals surface area (Å²) in [6.45, 7) is 1.67. The molecule has 160 valence electrons. The summed E-state index contributed by atoms with van der Waals surface area (Å²) in [6.07, 6.45) is 11.1. The monoisotopic (exact) mass is 434 g/mol. The van der Waals surface area contributed by atoms with E-state index in [1.165, 1.54) is 6.42 Å². The number of aromatic nitrogens is 3. The van der Waals surface area contributed by atoms with Gasteiger partial charge in [0.1, 0.15) is 11.5 Å². The van der Waals surface area contributed by atoms with Crippen LogP contribution in [-0.2, 0) is 13.0 Å². The highest BCUT2D eigenvalue weighted by Gasteiger charge is 2.33. The summed E-state index contributed by atoms with van der Waals surface area (Å²) in [5.74, 6) is 0.936. The van der Waals surface area contributed by atoms with Gasteiger partial charge >= 0.3 is 0 Å². The van der Waals surface area contributed by atoms with Crippen LogP contribution in [0.2, 0.25) is 5.02 Å². The fourth-order valence-electron chi connectivity index (χ4n) is 4.94. The Hall–Kier alpha value is -2.66. The molecule has 1 aromatic carbocycles. The number of carbonyl (C=O) groups excluding carboxylic acids is 1. The summed E-state index contributed by atoms with van der Waals surface area (Å²) < 4.78 is 2.27. The predicted octanol–water partition coefficient (Wildman–Crippen LogP) is 5.69. The summed E-state index contributed by atoms with van der Waals surface area (Å²) in [5, 5.41) is 0.704. The molecule has 5 rings (SSSR count). The highest BCUT2D eigenvalue weighted by molar-refractivity contribution is 6.30. The minimum atomic E-state index is 0.0550. The number of amides is 1. The van der Waals surface area contributed by atoms with Gasteiger partial charge in [0.15, 0.2) is 0 Å². The van der Waals surface area contributed by atoms with E-state index < -0.39 is 0 Å². The Bertz CT molecular complexity index is 1060. The maximum Gasteiger partial charge on any atom is 0.274 e. The lowest BCUT2D eigenvalue weighted by Crippen LogP contribution is -2.39. The maximum atomic E-state index is 13.9. The number of pyridine rings is 1. The van der Waals surface area contributed by atoms with Gasteiger partial charge in [-0.05, 0) is 74.4 Å². The van der Waals surface area contributed by atoms with Crippen molar-refractivity contribution in [2.45, 2.75) is 57.5 Å². The van der Waals surface area contributed by atoms with E-state index in [9.17, 15) is 4.79 Å². The van der Waals surface area contributed by atoms with E-state index in [1.54, 1.807) is 6.20 Å². The third kappa shape index (κ3) is 3.99. The zero-order valence-corrected chi connectivity index (χ0v) is 18.4. The number of fused-ring (bicyclic) bond motifs is 1. The Kier molecular flexibility index (Phi) is 5.77. The average Bonchev–Trinajstić information content (AvgIpc) is 3.00. The first kappa shape index (κ1) is 20.3. The SMILES string of the molecule is O=C(c1nc(-c2ccc(Cl)cc2)n2c1CCCCC2)N1CCCCC1c1cccnc1. The topological polar surface area (TPSA) is 51.0 Å². The zero-order chi connectivity index (χ0) is 21.2. The van der Waals surface area contributed by atoms with Crippen molar-refractivity contribution >= 4 is 17.5 Å². The second kappa shape index (κ2) is 8.83. The van der Waals surface area contributed by atoms with Gasteiger partial charge in [0.05, 0.1) is 11.7 Å². The number of nitrogens with zero attached hydrogens (tertiary/aromatic N) is 4. The Morgan fingerprint density at radius 2 is 1.84 bits per heavy atom. The lowest BCUT2D eigenvalue weighted by Gasteiger charge is -2.35. The molecule has 0 bridgehead atoms. The van der Waals surface area contributed by atoms with Crippen LogP contribution in [0.15, 0.2) is 48.8 Å². The van der Waals surface area contributed by atoms with Gasteiger partial charge in [-0.2, -0.15) is 0 Å². The van der Waals surface area contributed by atoms with Crippen LogP contribution in [0.1, 0.15) is 66.3 Å². The molecule has 2 aliphatic heterocycles. The summed E-state index contributed by atoms with van der Waals surface area (Å²) >= 11 is 6.11. The van der Waals surface area contributed by atoms with E-state index in [4.69, 9.17) is 16.6 Å². The molecule has 31 heavy (non-hydrogen) atoms. The van der Waals surface area contributed by atoms with Crippen molar-refractivity contribution in [3.05, 3.63) is 70.8 Å².